The third-order valence-corrected chi connectivity index (χ3v) is 3.65. The summed E-state index contributed by atoms with van der Waals surface area (Å²) in [5.74, 6) is 0. The average molecular weight is 280 g/mol. The van der Waals surface area contributed by atoms with Gasteiger partial charge in [0, 0.05) is 6.54 Å². The van der Waals surface area contributed by atoms with Gasteiger partial charge in [-0.3, -0.25) is 0 Å². The largest absolute Gasteiger partial charge is 0.316 e. The van der Waals surface area contributed by atoms with E-state index in [-0.39, 0.29) is 0 Å². The van der Waals surface area contributed by atoms with Crippen LogP contribution in [0.25, 0.3) is 11.1 Å². The van der Waals surface area contributed by atoms with Crippen molar-refractivity contribution in [3.05, 3.63) is 57.6 Å². The zero-order valence-electron chi connectivity index (χ0n) is 10.4. The van der Waals surface area contributed by atoms with Crippen molar-refractivity contribution in [2.45, 2.75) is 13.5 Å². The number of benzene rings is 2. The van der Waals surface area contributed by atoms with E-state index in [4.69, 9.17) is 23.2 Å². The van der Waals surface area contributed by atoms with Crippen LogP contribution in [0.5, 0.6) is 0 Å². The monoisotopic (exact) mass is 279 g/mol. The lowest BCUT2D eigenvalue weighted by Gasteiger charge is -2.10. The molecule has 3 heteroatoms. The van der Waals surface area contributed by atoms with Crippen molar-refractivity contribution in [1.82, 2.24) is 5.32 Å². The molecule has 0 atom stereocenters. The summed E-state index contributed by atoms with van der Waals surface area (Å²) in [5, 5.41) is 4.33. The molecule has 0 bridgehead atoms. The van der Waals surface area contributed by atoms with Gasteiger partial charge in [-0.2, -0.15) is 0 Å². The van der Waals surface area contributed by atoms with Crippen LogP contribution in [-0.2, 0) is 6.54 Å². The number of halogens is 2. The first-order valence-corrected chi connectivity index (χ1v) is 6.57. The molecular weight excluding hydrogens is 265 g/mol. The number of aryl methyl sites for hydroxylation is 1. The molecule has 2 rings (SSSR count). The van der Waals surface area contributed by atoms with E-state index < -0.39 is 0 Å². The fraction of sp³-hybridized carbons (Fsp3) is 0.200. The second-order valence-electron chi connectivity index (χ2n) is 4.31. The molecule has 2 aromatic carbocycles. The quantitative estimate of drug-likeness (QED) is 0.860. The standard InChI is InChI=1S/C15H15Cl2N/c1-10-3-4-11(9-18-2)7-13(10)12-5-6-14(16)15(17)8-12/h3-8,18H,9H2,1-2H3. The Labute approximate surface area is 118 Å². The van der Waals surface area contributed by atoms with Crippen molar-refractivity contribution in [2.75, 3.05) is 7.05 Å². The van der Waals surface area contributed by atoms with E-state index in [1.165, 1.54) is 16.7 Å². The van der Waals surface area contributed by atoms with Gasteiger partial charge in [0.15, 0.2) is 0 Å². The van der Waals surface area contributed by atoms with Gasteiger partial charge in [-0.25, -0.2) is 0 Å². The number of nitrogens with one attached hydrogen (secondary N) is 1. The SMILES string of the molecule is CNCc1ccc(C)c(-c2ccc(Cl)c(Cl)c2)c1. The maximum Gasteiger partial charge on any atom is 0.0598 e. The molecule has 0 aliphatic carbocycles. The predicted molar refractivity (Wildman–Crippen MR) is 79.4 cm³/mol. The third kappa shape index (κ3) is 2.86. The second kappa shape index (κ2) is 5.75. The Hall–Kier alpha value is -1.02. The Bertz CT molecular complexity index is 564. The molecule has 0 aliphatic heterocycles. The molecule has 0 unspecified atom stereocenters. The lowest BCUT2D eigenvalue weighted by Crippen LogP contribution is -2.05. The summed E-state index contributed by atoms with van der Waals surface area (Å²) >= 11 is 12.0. The summed E-state index contributed by atoms with van der Waals surface area (Å²) in [5.41, 5.74) is 4.78. The van der Waals surface area contributed by atoms with Crippen molar-refractivity contribution >= 4 is 23.2 Å². The van der Waals surface area contributed by atoms with Gasteiger partial charge < -0.3 is 5.32 Å². The van der Waals surface area contributed by atoms with E-state index in [9.17, 15) is 0 Å². The normalized spacial score (nSPS) is 10.7. The van der Waals surface area contributed by atoms with Gasteiger partial charge >= 0.3 is 0 Å². The van der Waals surface area contributed by atoms with Crippen LogP contribution in [0.2, 0.25) is 10.0 Å². The van der Waals surface area contributed by atoms with Crippen LogP contribution in [0.1, 0.15) is 11.1 Å². The van der Waals surface area contributed by atoms with Gasteiger partial charge in [0.2, 0.25) is 0 Å². The van der Waals surface area contributed by atoms with Crippen LogP contribution in [0, 0.1) is 6.92 Å². The summed E-state index contributed by atoms with van der Waals surface area (Å²) in [4.78, 5) is 0. The first kappa shape index (κ1) is 13.4. The number of hydrogen-bond donors (Lipinski definition) is 1. The Morgan fingerprint density at radius 3 is 2.44 bits per heavy atom. The molecule has 2 aromatic rings. The molecule has 0 heterocycles. The number of rotatable bonds is 3. The van der Waals surface area contributed by atoms with Gasteiger partial charge in [0.1, 0.15) is 0 Å². The van der Waals surface area contributed by atoms with E-state index in [2.05, 4.69) is 30.4 Å². The summed E-state index contributed by atoms with van der Waals surface area (Å²) < 4.78 is 0. The van der Waals surface area contributed by atoms with E-state index >= 15 is 0 Å². The zero-order chi connectivity index (χ0) is 13.1. The molecular formula is C15H15Cl2N. The fourth-order valence-corrected chi connectivity index (χ4v) is 2.26. The molecule has 0 saturated heterocycles. The van der Waals surface area contributed by atoms with Crippen LogP contribution in [-0.4, -0.2) is 7.05 Å². The minimum Gasteiger partial charge on any atom is -0.316 e. The van der Waals surface area contributed by atoms with E-state index in [1.807, 2.05) is 25.2 Å². The van der Waals surface area contributed by atoms with Crippen molar-refractivity contribution in [2.24, 2.45) is 0 Å². The van der Waals surface area contributed by atoms with Crippen molar-refractivity contribution < 1.29 is 0 Å². The molecule has 1 N–H and O–H groups in total. The van der Waals surface area contributed by atoms with Gasteiger partial charge in [-0.1, -0.05) is 41.4 Å². The third-order valence-electron chi connectivity index (χ3n) is 2.91. The van der Waals surface area contributed by atoms with Crippen LogP contribution in [0.3, 0.4) is 0 Å². The highest BCUT2D eigenvalue weighted by molar-refractivity contribution is 6.42. The molecule has 94 valence electrons. The van der Waals surface area contributed by atoms with E-state index in [1.54, 1.807) is 0 Å². The van der Waals surface area contributed by atoms with Gasteiger partial charge in [0.25, 0.3) is 0 Å². The summed E-state index contributed by atoms with van der Waals surface area (Å²) in [6.07, 6.45) is 0. The van der Waals surface area contributed by atoms with E-state index in [0.717, 1.165) is 12.1 Å². The Kier molecular flexibility index (Phi) is 4.28. The highest BCUT2D eigenvalue weighted by Crippen LogP contribution is 2.30. The van der Waals surface area contributed by atoms with Crippen LogP contribution in [0.15, 0.2) is 36.4 Å². The van der Waals surface area contributed by atoms with Gasteiger partial charge in [-0.15, -0.1) is 0 Å². The number of hydrogen-bond acceptors (Lipinski definition) is 1. The highest BCUT2D eigenvalue weighted by atomic mass is 35.5. The Morgan fingerprint density at radius 1 is 1.00 bits per heavy atom. The maximum atomic E-state index is 6.07. The molecule has 0 fully saturated rings. The summed E-state index contributed by atoms with van der Waals surface area (Å²) in [6.45, 7) is 2.95. The van der Waals surface area contributed by atoms with Crippen molar-refractivity contribution in [3.8, 4) is 11.1 Å². The topological polar surface area (TPSA) is 12.0 Å². The summed E-state index contributed by atoms with van der Waals surface area (Å²) in [7, 11) is 1.94. The molecule has 0 spiro atoms. The second-order valence-corrected chi connectivity index (χ2v) is 5.12. The molecule has 0 aromatic heterocycles. The molecule has 0 radical (unpaired) electrons. The van der Waals surface area contributed by atoms with Gasteiger partial charge in [0.05, 0.1) is 10.0 Å². The van der Waals surface area contributed by atoms with Gasteiger partial charge in [-0.05, 0) is 54.4 Å². The lowest BCUT2D eigenvalue weighted by atomic mass is 9.98. The summed E-state index contributed by atoms with van der Waals surface area (Å²) in [6, 6.07) is 12.2. The Balaban J connectivity index is 2.48. The zero-order valence-corrected chi connectivity index (χ0v) is 11.9. The lowest BCUT2D eigenvalue weighted by molar-refractivity contribution is 0.818. The molecule has 0 saturated carbocycles. The first-order valence-electron chi connectivity index (χ1n) is 5.81. The predicted octanol–water partition coefficient (Wildman–Crippen LogP) is 4.69. The molecule has 0 amide bonds. The minimum atomic E-state index is 0.587. The molecule has 1 nitrogen and oxygen atoms in total. The maximum absolute atomic E-state index is 6.07. The molecule has 0 aliphatic rings. The van der Waals surface area contributed by atoms with Crippen LogP contribution >= 0.6 is 23.2 Å². The van der Waals surface area contributed by atoms with Crippen LogP contribution in [0.4, 0.5) is 0 Å². The van der Waals surface area contributed by atoms with Crippen molar-refractivity contribution in [3.63, 3.8) is 0 Å². The van der Waals surface area contributed by atoms with E-state index in [0.29, 0.717) is 10.0 Å². The van der Waals surface area contributed by atoms with Crippen molar-refractivity contribution in [1.29, 1.82) is 0 Å². The van der Waals surface area contributed by atoms with Crippen LogP contribution < -0.4 is 5.32 Å². The first-order chi connectivity index (χ1) is 8.61. The minimum absolute atomic E-state index is 0.587. The average Bonchev–Trinajstić information content (AvgIpc) is 2.35. The molecule has 18 heavy (non-hydrogen) atoms. The fourth-order valence-electron chi connectivity index (χ4n) is 1.96. The smallest absolute Gasteiger partial charge is 0.0598 e. The highest BCUT2D eigenvalue weighted by Gasteiger charge is 2.06. The Morgan fingerprint density at radius 2 is 1.78 bits per heavy atom.